The van der Waals surface area contributed by atoms with Crippen molar-refractivity contribution in [3.8, 4) is 0 Å². The molecule has 0 fully saturated rings. The van der Waals surface area contributed by atoms with E-state index < -0.39 is 0 Å². The van der Waals surface area contributed by atoms with E-state index in [-0.39, 0.29) is 23.8 Å². The van der Waals surface area contributed by atoms with Crippen molar-refractivity contribution in [1.82, 2.24) is 4.57 Å². The summed E-state index contributed by atoms with van der Waals surface area (Å²) in [4.78, 5) is 24.6. The Morgan fingerprint density at radius 1 is 1.09 bits per heavy atom. The van der Waals surface area contributed by atoms with Crippen LogP contribution in [-0.4, -0.2) is 10.4 Å². The van der Waals surface area contributed by atoms with E-state index in [1.165, 1.54) is 16.2 Å². The fourth-order valence-electron chi connectivity index (χ4n) is 2.54. The quantitative estimate of drug-likeness (QED) is 0.707. The van der Waals surface area contributed by atoms with Gasteiger partial charge in [-0.05, 0) is 45.0 Å². The van der Waals surface area contributed by atoms with Gasteiger partial charge in [-0.3, -0.25) is 9.59 Å². The Morgan fingerprint density at radius 2 is 1.78 bits per heavy atom. The number of nitrogens with zero attached hydrogens (tertiary/aromatic N) is 1. The Hall–Kier alpha value is -1.68. The van der Waals surface area contributed by atoms with Gasteiger partial charge in [0, 0.05) is 22.3 Å². The first-order valence-corrected chi connectivity index (χ1v) is 8.62. The molecular formula is C19H22BrNO2. The van der Waals surface area contributed by atoms with E-state index >= 15 is 0 Å². The van der Waals surface area contributed by atoms with Gasteiger partial charge < -0.3 is 4.57 Å². The molecule has 0 bridgehead atoms. The number of Topliss-reactive ketones (excluding diaryl/α,β-unsaturated/α-hetero) is 1. The van der Waals surface area contributed by atoms with Crippen LogP contribution >= 0.6 is 15.9 Å². The van der Waals surface area contributed by atoms with Gasteiger partial charge in [-0.15, -0.1) is 0 Å². The Bertz CT molecular complexity index is 775. The number of aromatic nitrogens is 1. The fourth-order valence-corrected chi connectivity index (χ4v) is 2.92. The monoisotopic (exact) mass is 375 g/mol. The number of rotatable bonds is 5. The molecule has 0 atom stereocenters. The number of hydrogen-bond donors (Lipinski definition) is 0. The number of carbonyl (C=O) groups is 1. The largest absolute Gasteiger partial charge is 0.307 e. The van der Waals surface area contributed by atoms with Crippen LogP contribution in [0.4, 0.5) is 0 Å². The number of ketones is 1. The third kappa shape index (κ3) is 4.20. The Labute approximate surface area is 145 Å². The number of benzene rings is 1. The highest BCUT2D eigenvalue weighted by Gasteiger charge is 2.16. The molecule has 23 heavy (non-hydrogen) atoms. The third-order valence-electron chi connectivity index (χ3n) is 3.93. The van der Waals surface area contributed by atoms with Crippen LogP contribution < -0.4 is 5.56 Å². The van der Waals surface area contributed by atoms with Gasteiger partial charge in [0.05, 0.1) is 6.54 Å². The number of hydrogen-bond acceptors (Lipinski definition) is 2. The molecule has 122 valence electrons. The van der Waals surface area contributed by atoms with Crippen molar-refractivity contribution in [3.63, 3.8) is 0 Å². The maximum absolute atomic E-state index is 12.7. The summed E-state index contributed by atoms with van der Waals surface area (Å²) in [7, 11) is 0. The zero-order chi connectivity index (χ0) is 17.1. The molecule has 0 saturated carbocycles. The maximum Gasteiger partial charge on any atom is 0.251 e. The highest BCUT2D eigenvalue weighted by atomic mass is 79.9. The average molecular weight is 376 g/mol. The molecule has 0 aliphatic heterocycles. The van der Waals surface area contributed by atoms with Crippen LogP contribution in [0.1, 0.15) is 61.0 Å². The molecule has 3 nitrogen and oxygen atoms in total. The first kappa shape index (κ1) is 17.7. The topological polar surface area (TPSA) is 39.1 Å². The number of pyridine rings is 1. The van der Waals surface area contributed by atoms with Crippen LogP contribution in [0.25, 0.3) is 0 Å². The number of carbonyl (C=O) groups excluding carboxylic acids is 1. The van der Waals surface area contributed by atoms with Crippen LogP contribution in [0.3, 0.4) is 0 Å². The predicted molar refractivity (Wildman–Crippen MR) is 97.4 cm³/mol. The molecule has 0 unspecified atom stereocenters. The summed E-state index contributed by atoms with van der Waals surface area (Å²) < 4.78 is 2.22. The third-order valence-corrected chi connectivity index (χ3v) is 4.40. The minimum atomic E-state index is -0.175. The van der Waals surface area contributed by atoms with E-state index in [0.29, 0.717) is 11.5 Å². The second kappa shape index (κ2) is 7.26. The molecule has 0 saturated heterocycles. The zero-order valence-electron chi connectivity index (χ0n) is 14.0. The SMILES string of the molecule is CC(C)c1ccc(C(=O)Cn2cc(Br)ccc2=O)c(C(C)C)c1. The molecular weight excluding hydrogens is 354 g/mol. The molecule has 0 aliphatic carbocycles. The van der Waals surface area contributed by atoms with E-state index in [9.17, 15) is 9.59 Å². The van der Waals surface area contributed by atoms with Crippen LogP contribution in [0.5, 0.6) is 0 Å². The van der Waals surface area contributed by atoms with Crippen molar-refractivity contribution in [2.24, 2.45) is 0 Å². The lowest BCUT2D eigenvalue weighted by atomic mass is 9.90. The molecule has 1 aromatic carbocycles. The summed E-state index contributed by atoms with van der Waals surface area (Å²) in [6, 6.07) is 9.17. The lowest BCUT2D eigenvalue weighted by molar-refractivity contribution is 0.0969. The summed E-state index contributed by atoms with van der Waals surface area (Å²) in [5.74, 6) is 0.639. The molecule has 0 spiro atoms. The van der Waals surface area contributed by atoms with Gasteiger partial charge in [0.1, 0.15) is 0 Å². The molecule has 0 aliphatic rings. The van der Waals surface area contributed by atoms with Gasteiger partial charge in [0.15, 0.2) is 5.78 Å². The van der Waals surface area contributed by atoms with Crippen molar-refractivity contribution in [2.75, 3.05) is 0 Å². The van der Waals surface area contributed by atoms with Gasteiger partial charge in [-0.2, -0.15) is 0 Å². The van der Waals surface area contributed by atoms with Crippen LogP contribution in [0, 0.1) is 0 Å². The van der Waals surface area contributed by atoms with Crippen molar-refractivity contribution in [1.29, 1.82) is 0 Å². The summed E-state index contributed by atoms with van der Waals surface area (Å²) >= 11 is 3.33. The molecule has 0 N–H and O–H groups in total. The molecule has 1 heterocycles. The van der Waals surface area contributed by atoms with Crippen molar-refractivity contribution < 1.29 is 4.79 Å². The molecule has 2 aromatic rings. The van der Waals surface area contributed by atoms with Gasteiger partial charge in [0.2, 0.25) is 0 Å². The summed E-state index contributed by atoms with van der Waals surface area (Å²) in [6.45, 7) is 8.51. The van der Waals surface area contributed by atoms with E-state index in [0.717, 1.165) is 10.0 Å². The zero-order valence-corrected chi connectivity index (χ0v) is 15.6. The van der Waals surface area contributed by atoms with Crippen molar-refractivity contribution in [3.05, 3.63) is 68.0 Å². The molecule has 0 radical (unpaired) electrons. The van der Waals surface area contributed by atoms with Gasteiger partial charge in [0.25, 0.3) is 5.56 Å². The first-order valence-electron chi connectivity index (χ1n) is 7.82. The number of halogens is 1. The van der Waals surface area contributed by atoms with Gasteiger partial charge in [-0.1, -0.05) is 45.9 Å². The Balaban J connectivity index is 2.39. The molecule has 1 aromatic heterocycles. The van der Waals surface area contributed by atoms with Crippen LogP contribution in [0.15, 0.2) is 45.8 Å². The smallest absolute Gasteiger partial charge is 0.251 e. The standard InChI is InChI=1S/C19H22BrNO2/c1-12(2)14-5-7-16(17(9-14)13(3)4)18(22)11-21-10-15(20)6-8-19(21)23/h5-10,12-13H,11H2,1-4H3. The van der Waals surface area contributed by atoms with Crippen LogP contribution in [-0.2, 0) is 6.54 Å². The summed E-state index contributed by atoms with van der Waals surface area (Å²) in [5, 5.41) is 0. The molecule has 4 heteroatoms. The first-order chi connectivity index (χ1) is 10.8. The van der Waals surface area contributed by atoms with E-state index in [1.807, 2.05) is 12.1 Å². The van der Waals surface area contributed by atoms with Crippen molar-refractivity contribution >= 4 is 21.7 Å². The minimum Gasteiger partial charge on any atom is -0.307 e. The Morgan fingerprint density at radius 3 is 2.39 bits per heavy atom. The van der Waals surface area contributed by atoms with Gasteiger partial charge >= 0.3 is 0 Å². The van der Waals surface area contributed by atoms with Gasteiger partial charge in [-0.25, -0.2) is 0 Å². The maximum atomic E-state index is 12.7. The van der Waals surface area contributed by atoms with E-state index in [1.54, 1.807) is 12.3 Å². The molecule has 0 amide bonds. The Kier molecular flexibility index (Phi) is 5.58. The average Bonchev–Trinajstić information content (AvgIpc) is 2.50. The highest BCUT2D eigenvalue weighted by molar-refractivity contribution is 9.10. The van der Waals surface area contributed by atoms with Crippen LogP contribution in [0.2, 0.25) is 0 Å². The van der Waals surface area contributed by atoms with E-state index in [2.05, 4.69) is 49.7 Å². The second-order valence-corrected chi connectivity index (χ2v) is 7.31. The van der Waals surface area contributed by atoms with E-state index in [4.69, 9.17) is 0 Å². The summed E-state index contributed by atoms with van der Waals surface area (Å²) in [5.41, 5.74) is 2.80. The highest BCUT2D eigenvalue weighted by Crippen LogP contribution is 2.25. The predicted octanol–water partition coefficient (Wildman–Crippen LogP) is 4.74. The lowest BCUT2D eigenvalue weighted by Gasteiger charge is -2.16. The fraction of sp³-hybridized carbons (Fsp3) is 0.368. The normalized spacial score (nSPS) is 11.3. The van der Waals surface area contributed by atoms with Crippen molar-refractivity contribution in [2.45, 2.75) is 46.1 Å². The summed E-state index contributed by atoms with van der Waals surface area (Å²) in [6.07, 6.45) is 1.65. The second-order valence-electron chi connectivity index (χ2n) is 6.39. The molecule has 2 rings (SSSR count). The lowest BCUT2D eigenvalue weighted by Crippen LogP contribution is -2.23. The minimum absolute atomic E-state index is 0.0378.